The van der Waals surface area contributed by atoms with Gasteiger partial charge in [-0.2, -0.15) is 4.74 Å². The number of aromatic nitrogens is 1. The van der Waals surface area contributed by atoms with E-state index in [1.807, 2.05) is 24.3 Å². The molecule has 0 saturated carbocycles. The maximum absolute atomic E-state index is 11.7. The van der Waals surface area contributed by atoms with E-state index in [0.29, 0.717) is 6.04 Å². The fraction of sp³-hybridized carbons (Fsp3) is 0.400. The van der Waals surface area contributed by atoms with Crippen LogP contribution in [-0.2, 0) is 6.42 Å². The van der Waals surface area contributed by atoms with Gasteiger partial charge in [0.05, 0.1) is 6.04 Å². The molecule has 0 aliphatic carbocycles. The van der Waals surface area contributed by atoms with Gasteiger partial charge < -0.3 is 9.84 Å². The summed E-state index contributed by atoms with van der Waals surface area (Å²) in [5.74, 6) is 0. The molecule has 1 N–H and O–H groups in total. The zero-order valence-corrected chi connectivity index (χ0v) is 11.8. The third-order valence-electron chi connectivity index (χ3n) is 3.80. The van der Waals surface area contributed by atoms with Gasteiger partial charge in [-0.25, -0.2) is 0 Å². The van der Waals surface area contributed by atoms with E-state index in [2.05, 4.69) is 5.32 Å². The van der Waals surface area contributed by atoms with Crippen LogP contribution >= 0.6 is 11.6 Å². The highest BCUT2D eigenvalue weighted by Gasteiger charge is 2.25. The van der Waals surface area contributed by atoms with Crippen molar-refractivity contribution in [1.82, 2.24) is 10.1 Å². The molecular formula is C15H17ClN2O2. The smallest absolute Gasteiger partial charge is 0.282 e. The fourth-order valence-electron chi connectivity index (χ4n) is 2.80. The van der Waals surface area contributed by atoms with Crippen molar-refractivity contribution < 1.29 is 4.52 Å². The lowest BCUT2D eigenvalue weighted by atomic mass is 9.94. The van der Waals surface area contributed by atoms with Crippen molar-refractivity contribution in [2.24, 2.45) is 0 Å². The Hall–Kier alpha value is -1.52. The SMILES string of the molecule is O=c1ccon1[C@H]1CCN[C@H](Cc2ccc(Cl)cc2)C1. The molecule has 0 amide bonds. The van der Waals surface area contributed by atoms with Gasteiger partial charge in [0.25, 0.3) is 5.56 Å². The average molecular weight is 293 g/mol. The van der Waals surface area contributed by atoms with Crippen LogP contribution in [0.4, 0.5) is 0 Å². The summed E-state index contributed by atoms with van der Waals surface area (Å²) in [6.07, 6.45) is 4.21. The van der Waals surface area contributed by atoms with Gasteiger partial charge in [-0.05, 0) is 43.5 Å². The summed E-state index contributed by atoms with van der Waals surface area (Å²) in [7, 11) is 0. The molecule has 1 aromatic carbocycles. The van der Waals surface area contributed by atoms with Crippen LogP contribution in [0.5, 0.6) is 0 Å². The minimum atomic E-state index is -0.0536. The normalized spacial score (nSPS) is 22.9. The first kappa shape index (κ1) is 13.5. The highest BCUT2D eigenvalue weighted by atomic mass is 35.5. The Morgan fingerprint density at radius 1 is 1.30 bits per heavy atom. The van der Waals surface area contributed by atoms with E-state index in [4.69, 9.17) is 16.1 Å². The summed E-state index contributed by atoms with van der Waals surface area (Å²) in [5.41, 5.74) is 1.20. The van der Waals surface area contributed by atoms with Crippen molar-refractivity contribution in [3.8, 4) is 0 Å². The molecule has 3 rings (SSSR count). The molecule has 0 radical (unpaired) electrons. The van der Waals surface area contributed by atoms with Gasteiger partial charge in [0.2, 0.25) is 0 Å². The van der Waals surface area contributed by atoms with Crippen molar-refractivity contribution in [3.05, 3.63) is 57.5 Å². The Morgan fingerprint density at radius 2 is 2.10 bits per heavy atom. The van der Waals surface area contributed by atoms with Crippen molar-refractivity contribution in [2.45, 2.75) is 31.3 Å². The molecule has 2 heterocycles. The van der Waals surface area contributed by atoms with E-state index in [9.17, 15) is 4.79 Å². The second-order valence-corrected chi connectivity index (χ2v) is 5.67. The van der Waals surface area contributed by atoms with Gasteiger partial charge in [-0.1, -0.05) is 23.7 Å². The van der Waals surface area contributed by atoms with Gasteiger partial charge in [0.15, 0.2) is 0 Å². The van der Waals surface area contributed by atoms with Gasteiger partial charge in [-0.15, -0.1) is 0 Å². The molecule has 0 bridgehead atoms. The number of halogens is 1. The van der Waals surface area contributed by atoms with Crippen LogP contribution in [0.3, 0.4) is 0 Å². The second kappa shape index (κ2) is 5.85. The Labute approximate surface area is 122 Å². The van der Waals surface area contributed by atoms with E-state index < -0.39 is 0 Å². The Bertz CT molecular complexity index is 617. The number of benzene rings is 1. The van der Waals surface area contributed by atoms with E-state index in [1.54, 1.807) is 0 Å². The van der Waals surface area contributed by atoms with Crippen molar-refractivity contribution in [2.75, 3.05) is 6.54 Å². The predicted molar refractivity (Wildman–Crippen MR) is 78.2 cm³/mol. The topological polar surface area (TPSA) is 47.2 Å². The highest BCUT2D eigenvalue weighted by molar-refractivity contribution is 6.30. The first-order valence-corrected chi connectivity index (χ1v) is 7.24. The minimum Gasteiger partial charge on any atom is -0.384 e. The van der Waals surface area contributed by atoms with Crippen molar-refractivity contribution in [1.29, 1.82) is 0 Å². The molecule has 1 aliphatic rings. The Balaban J connectivity index is 1.68. The van der Waals surface area contributed by atoms with Gasteiger partial charge in [0, 0.05) is 17.1 Å². The highest BCUT2D eigenvalue weighted by Crippen LogP contribution is 2.23. The first-order chi connectivity index (χ1) is 9.72. The maximum Gasteiger partial charge on any atom is 0.282 e. The summed E-state index contributed by atoms with van der Waals surface area (Å²) in [4.78, 5) is 11.7. The molecule has 0 spiro atoms. The molecule has 20 heavy (non-hydrogen) atoms. The lowest BCUT2D eigenvalue weighted by molar-refractivity contribution is 0.161. The molecule has 0 unspecified atom stereocenters. The van der Waals surface area contributed by atoms with Gasteiger partial charge >= 0.3 is 0 Å². The molecule has 106 valence electrons. The molecule has 1 saturated heterocycles. The van der Waals surface area contributed by atoms with Crippen LogP contribution < -0.4 is 10.9 Å². The number of rotatable bonds is 3. The van der Waals surface area contributed by atoms with E-state index >= 15 is 0 Å². The standard InChI is InChI=1S/C15H17ClN2O2/c16-12-3-1-11(2-4-12)9-13-10-14(5-7-17-13)18-15(19)6-8-20-18/h1-4,6,8,13-14,17H,5,7,9-10H2/t13-,14+/m1/s1. The van der Waals surface area contributed by atoms with Crippen LogP contribution in [0.2, 0.25) is 5.02 Å². The zero-order chi connectivity index (χ0) is 13.9. The molecular weight excluding hydrogens is 276 g/mol. The Morgan fingerprint density at radius 3 is 2.80 bits per heavy atom. The monoisotopic (exact) mass is 292 g/mol. The number of hydrogen-bond acceptors (Lipinski definition) is 3. The molecule has 1 aromatic heterocycles. The maximum atomic E-state index is 11.7. The lowest BCUT2D eigenvalue weighted by Crippen LogP contribution is -2.41. The molecule has 2 aromatic rings. The molecule has 5 heteroatoms. The second-order valence-electron chi connectivity index (χ2n) is 5.23. The van der Waals surface area contributed by atoms with Crippen molar-refractivity contribution in [3.63, 3.8) is 0 Å². The van der Waals surface area contributed by atoms with Crippen LogP contribution in [0.25, 0.3) is 0 Å². The summed E-state index contributed by atoms with van der Waals surface area (Å²) >= 11 is 5.90. The van der Waals surface area contributed by atoms with E-state index in [1.165, 1.54) is 22.6 Å². The summed E-state index contributed by atoms with van der Waals surface area (Å²) < 4.78 is 6.77. The fourth-order valence-corrected chi connectivity index (χ4v) is 2.93. The van der Waals surface area contributed by atoms with Crippen molar-refractivity contribution >= 4 is 11.6 Å². The average Bonchev–Trinajstić information content (AvgIpc) is 2.88. The molecule has 1 aliphatic heterocycles. The number of nitrogens with zero attached hydrogens (tertiary/aromatic N) is 1. The molecule has 1 fully saturated rings. The summed E-state index contributed by atoms with van der Waals surface area (Å²) in [6.45, 7) is 0.899. The van der Waals surface area contributed by atoms with Crippen LogP contribution in [0.1, 0.15) is 24.4 Å². The zero-order valence-electron chi connectivity index (χ0n) is 11.1. The quantitative estimate of drug-likeness (QED) is 0.946. The van der Waals surface area contributed by atoms with Crippen LogP contribution in [-0.4, -0.2) is 17.3 Å². The van der Waals surface area contributed by atoms with E-state index in [0.717, 1.165) is 30.8 Å². The van der Waals surface area contributed by atoms with E-state index in [-0.39, 0.29) is 11.6 Å². The number of hydrogen-bond donors (Lipinski definition) is 1. The summed E-state index contributed by atoms with van der Waals surface area (Å²) in [6, 6.07) is 9.89. The Kier molecular flexibility index (Phi) is 3.94. The third-order valence-corrected chi connectivity index (χ3v) is 4.05. The predicted octanol–water partition coefficient (Wildman–Crippen LogP) is 2.63. The number of piperidine rings is 1. The third kappa shape index (κ3) is 2.97. The minimum absolute atomic E-state index is 0.0536. The molecule has 2 atom stereocenters. The number of nitrogens with one attached hydrogen (secondary N) is 1. The van der Waals surface area contributed by atoms with Crippen LogP contribution in [0.15, 0.2) is 45.9 Å². The van der Waals surface area contributed by atoms with Crippen LogP contribution in [0, 0.1) is 0 Å². The summed E-state index contributed by atoms with van der Waals surface area (Å²) in [5, 5.41) is 4.26. The largest absolute Gasteiger partial charge is 0.384 e. The first-order valence-electron chi connectivity index (χ1n) is 6.87. The molecule has 4 nitrogen and oxygen atoms in total. The van der Waals surface area contributed by atoms with Gasteiger partial charge in [0.1, 0.15) is 6.26 Å². The van der Waals surface area contributed by atoms with Gasteiger partial charge in [-0.3, -0.25) is 4.79 Å². The lowest BCUT2D eigenvalue weighted by Gasteiger charge is -2.29.